The highest BCUT2D eigenvalue weighted by atomic mass is 32.1. The van der Waals surface area contributed by atoms with Crippen LogP contribution in [-0.2, 0) is 12.8 Å². The molecular weight excluding hydrogens is 342 g/mol. The summed E-state index contributed by atoms with van der Waals surface area (Å²) in [6.45, 7) is 4.18. The summed E-state index contributed by atoms with van der Waals surface area (Å²) in [6.07, 6.45) is 4.15. The van der Waals surface area contributed by atoms with Crippen LogP contribution in [0.25, 0.3) is 0 Å². The van der Waals surface area contributed by atoms with Crippen LogP contribution >= 0.6 is 11.3 Å². The number of nitrogens with zero attached hydrogens (tertiary/aromatic N) is 2. The maximum Gasteiger partial charge on any atom is 0.0558 e. The summed E-state index contributed by atoms with van der Waals surface area (Å²) in [6, 6.07) is 10.8. The number of nitrogens with one attached hydrogen (secondary N) is 1. The molecule has 0 aliphatic carbocycles. The second kappa shape index (κ2) is 9.31. The van der Waals surface area contributed by atoms with Gasteiger partial charge in [0.25, 0.3) is 0 Å². The lowest BCUT2D eigenvalue weighted by molar-refractivity contribution is 0.220. The number of hydrogen-bond acceptors (Lipinski definition) is 5. The van der Waals surface area contributed by atoms with E-state index in [1.165, 1.54) is 23.2 Å². The third-order valence-corrected chi connectivity index (χ3v) is 5.94. The van der Waals surface area contributed by atoms with Crippen LogP contribution in [0, 0.1) is 5.41 Å². The first-order valence-electron chi connectivity index (χ1n) is 9.45. The molecule has 0 spiro atoms. The van der Waals surface area contributed by atoms with Gasteiger partial charge < -0.3 is 20.3 Å². The van der Waals surface area contributed by atoms with Gasteiger partial charge >= 0.3 is 0 Å². The number of anilines is 1. The summed E-state index contributed by atoms with van der Waals surface area (Å²) in [5.74, 6) is 0. The fourth-order valence-corrected chi connectivity index (χ4v) is 4.30. The molecule has 0 saturated heterocycles. The van der Waals surface area contributed by atoms with Crippen molar-refractivity contribution in [3.63, 3.8) is 0 Å². The number of aliphatic hydroxyl groups is 1. The lowest BCUT2D eigenvalue weighted by atomic mass is 9.97. The fourth-order valence-electron chi connectivity index (χ4n) is 3.63. The smallest absolute Gasteiger partial charge is 0.0558 e. The quantitative estimate of drug-likeness (QED) is 0.664. The van der Waals surface area contributed by atoms with Crippen molar-refractivity contribution in [2.24, 2.45) is 0 Å². The van der Waals surface area contributed by atoms with Gasteiger partial charge in [-0.1, -0.05) is 18.2 Å². The monoisotopic (exact) mass is 371 g/mol. The van der Waals surface area contributed by atoms with Crippen LogP contribution in [0.5, 0.6) is 0 Å². The zero-order valence-electron chi connectivity index (χ0n) is 15.6. The summed E-state index contributed by atoms with van der Waals surface area (Å²) in [7, 11) is 2.06. The fraction of sp³-hybridized carbons (Fsp3) is 0.476. The van der Waals surface area contributed by atoms with Gasteiger partial charge in [-0.2, -0.15) is 0 Å². The lowest BCUT2D eigenvalue weighted by Gasteiger charge is -2.32. The van der Waals surface area contributed by atoms with E-state index < -0.39 is 0 Å². The third-order valence-electron chi connectivity index (χ3n) is 5.01. The van der Waals surface area contributed by atoms with Crippen LogP contribution in [0.3, 0.4) is 0 Å². The van der Waals surface area contributed by atoms with E-state index in [0.717, 1.165) is 43.9 Å². The Balaban J connectivity index is 1.60. The summed E-state index contributed by atoms with van der Waals surface area (Å²) < 4.78 is 0. The average molecular weight is 372 g/mol. The molecule has 0 unspecified atom stereocenters. The second-order valence-electron chi connectivity index (χ2n) is 7.07. The Morgan fingerprint density at radius 1 is 1.31 bits per heavy atom. The number of hydrogen-bond donors (Lipinski definition) is 2. The maximum absolute atomic E-state index is 9.00. The number of benzene rings is 1. The number of fused-ring (bicyclic) bond motifs is 1. The summed E-state index contributed by atoms with van der Waals surface area (Å²) >= 11 is 1.64. The highest BCUT2D eigenvalue weighted by Crippen LogP contribution is 2.28. The zero-order valence-corrected chi connectivity index (χ0v) is 16.4. The van der Waals surface area contributed by atoms with Gasteiger partial charge in [0.05, 0.1) is 12.3 Å². The molecule has 0 fully saturated rings. The van der Waals surface area contributed by atoms with Crippen molar-refractivity contribution in [1.82, 2.24) is 4.90 Å². The van der Waals surface area contributed by atoms with Gasteiger partial charge in [-0.3, -0.25) is 0 Å². The van der Waals surface area contributed by atoms with Crippen molar-refractivity contribution in [3.8, 4) is 0 Å². The van der Waals surface area contributed by atoms with Crippen molar-refractivity contribution in [1.29, 1.82) is 5.41 Å². The van der Waals surface area contributed by atoms with Crippen LogP contribution < -0.4 is 4.90 Å². The average Bonchev–Trinajstić information content (AvgIpc) is 3.17. The van der Waals surface area contributed by atoms with Gasteiger partial charge in [-0.25, -0.2) is 0 Å². The normalized spacial score (nSPS) is 13.9. The molecule has 0 radical (unpaired) electrons. The highest BCUT2D eigenvalue weighted by Gasteiger charge is 2.17. The van der Waals surface area contributed by atoms with Crippen molar-refractivity contribution in [2.75, 3.05) is 44.7 Å². The number of aliphatic hydroxyl groups excluding tert-OH is 1. The van der Waals surface area contributed by atoms with E-state index in [1.54, 1.807) is 11.3 Å². The van der Waals surface area contributed by atoms with Crippen LogP contribution in [-0.4, -0.2) is 55.6 Å². The Labute approximate surface area is 160 Å². The first kappa shape index (κ1) is 19.1. The second-order valence-corrected chi connectivity index (χ2v) is 8.01. The molecule has 4 nitrogen and oxygen atoms in total. The molecule has 0 amide bonds. The van der Waals surface area contributed by atoms with Gasteiger partial charge in [-0.05, 0) is 61.5 Å². The molecule has 0 atom stereocenters. The molecule has 1 aliphatic rings. The third kappa shape index (κ3) is 4.93. The highest BCUT2D eigenvalue weighted by molar-refractivity contribution is 7.12. The van der Waals surface area contributed by atoms with Crippen molar-refractivity contribution in [2.45, 2.75) is 25.7 Å². The molecule has 5 heteroatoms. The predicted molar refractivity (Wildman–Crippen MR) is 111 cm³/mol. The number of aryl methyl sites for hydroxylation is 1. The molecular formula is C21H29N3OS. The molecule has 140 valence electrons. The molecule has 1 aromatic carbocycles. The Morgan fingerprint density at radius 3 is 2.96 bits per heavy atom. The van der Waals surface area contributed by atoms with Gasteiger partial charge in [0.1, 0.15) is 0 Å². The molecule has 26 heavy (non-hydrogen) atoms. The lowest BCUT2D eigenvalue weighted by Crippen LogP contribution is -2.33. The number of rotatable bonds is 9. The van der Waals surface area contributed by atoms with Crippen LogP contribution in [0.4, 0.5) is 5.69 Å². The van der Waals surface area contributed by atoms with Crippen LogP contribution in [0.15, 0.2) is 35.7 Å². The van der Waals surface area contributed by atoms with E-state index in [-0.39, 0.29) is 6.61 Å². The predicted octanol–water partition coefficient (Wildman–Crippen LogP) is 3.43. The standard InChI is InChI=1S/C21H29N3OS/c1-23(12-13-25)9-4-11-24-10-2-5-18-15-17(7-8-20(18)24)16-19(22)21-6-3-14-26-21/h3,6-8,14-15,22,25H,2,4-5,9-13,16H2,1H3. The summed E-state index contributed by atoms with van der Waals surface area (Å²) in [5.41, 5.74) is 4.75. The Morgan fingerprint density at radius 2 is 2.19 bits per heavy atom. The summed E-state index contributed by atoms with van der Waals surface area (Å²) in [5, 5.41) is 19.3. The van der Waals surface area contributed by atoms with Crippen molar-refractivity contribution in [3.05, 3.63) is 51.7 Å². The van der Waals surface area contributed by atoms with Gasteiger partial charge in [0.2, 0.25) is 0 Å². The SMILES string of the molecule is CN(CCO)CCCN1CCCc2cc(CC(=N)c3cccs3)ccc21. The van der Waals surface area contributed by atoms with Crippen LogP contribution in [0.2, 0.25) is 0 Å². The molecule has 1 aromatic heterocycles. The Hall–Kier alpha value is -1.69. The first-order chi connectivity index (χ1) is 12.7. The largest absolute Gasteiger partial charge is 0.395 e. The van der Waals surface area contributed by atoms with Gasteiger partial charge in [0, 0.05) is 36.6 Å². The van der Waals surface area contributed by atoms with Gasteiger partial charge in [-0.15, -0.1) is 11.3 Å². The molecule has 2 N–H and O–H groups in total. The maximum atomic E-state index is 9.00. The molecule has 2 aromatic rings. The molecule has 2 heterocycles. The van der Waals surface area contributed by atoms with Crippen molar-refractivity contribution < 1.29 is 5.11 Å². The number of likely N-dealkylation sites (N-methyl/N-ethyl adjacent to an activating group) is 1. The topological polar surface area (TPSA) is 50.6 Å². The van der Waals surface area contributed by atoms with E-state index in [9.17, 15) is 0 Å². The van der Waals surface area contributed by atoms with E-state index in [1.807, 2.05) is 17.5 Å². The summed E-state index contributed by atoms with van der Waals surface area (Å²) in [4.78, 5) is 5.75. The molecule has 0 bridgehead atoms. The molecule has 0 saturated carbocycles. The zero-order chi connectivity index (χ0) is 18.4. The van der Waals surface area contributed by atoms with Crippen molar-refractivity contribution >= 4 is 22.7 Å². The van der Waals surface area contributed by atoms with E-state index in [2.05, 4.69) is 35.0 Å². The minimum Gasteiger partial charge on any atom is -0.395 e. The van der Waals surface area contributed by atoms with E-state index in [0.29, 0.717) is 12.1 Å². The van der Waals surface area contributed by atoms with E-state index in [4.69, 9.17) is 10.5 Å². The Bertz CT molecular complexity index is 714. The number of thiophene rings is 1. The minimum absolute atomic E-state index is 0.228. The first-order valence-corrected chi connectivity index (χ1v) is 10.3. The van der Waals surface area contributed by atoms with Crippen LogP contribution in [0.1, 0.15) is 28.8 Å². The minimum atomic E-state index is 0.228. The van der Waals surface area contributed by atoms with E-state index >= 15 is 0 Å². The molecule has 1 aliphatic heterocycles. The van der Waals surface area contributed by atoms with Gasteiger partial charge in [0.15, 0.2) is 0 Å². The molecule has 3 rings (SSSR count). The Kier molecular flexibility index (Phi) is 6.83.